The lowest BCUT2D eigenvalue weighted by molar-refractivity contribution is -0.159. The fourth-order valence-corrected chi connectivity index (χ4v) is 5.93. The number of amides is 1. The van der Waals surface area contributed by atoms with Gasteiger partial charge in [0.2, 0.25) is 5.78 Å². The first kappa shape index (κ1) is 23.2. The number of benzene rings is 1. The SMILES string of the molecule is CN(C)[C@H]1C(=O)C(C(N)=O)=C(O)[C@@]2(O)C(=O)C3=C(O)c4c(O)ccc(Cl)c4[C@@](C)(O)[C@@H]3C[C@@H]12. The van der Waals surface area contributed by atoms with Crippen molar-refractivity contribution in [3.05, 3.63) is 45.2 Å². The van der Waals surface area contributed by atoms with Crippen LogP contribution in [0.2, 0.25) is 5.02 Å². The molecule has 1 fully saturated rings. The molecule has 3 aliphatic rings. The average Bonchev–Trinajstić information content (AvgIpc) is 2.69. The summed E-state index contributed by atoms with van der Waals surface area (Å²) in [6, 6.07) is 1.24. The van der Waals surface area contributed by atoms with Gasteiger partial charge in [0.1, 0.15) is 22.8 Å². The summed E-state index contributed by atoms with van der Waals surface area (Å²) in [5, 5.41) is 55.2. The van der Waals surface area contributed by atoms with Gasteiger partial charge in [-0.15, -0.1) is 0 Å². The predicted molar refractivity (Wildman–Crippen MR) is 115 cm³/mol. The number of nitrogens with zero attached hydrogens (tertiary/aromatic N) is 1. The van der Waals surface area contributed by atoms with Crippen LogP contribution in [0.25, 0.3) is 5.76 Å². The first-order valence-electron chi connectivity index (χ1n) is 10.1. The molecule has 4 rings (SSSR count). The number of halogens is 1. The van der Waals surface area contributed by atoms with Crippen molar-refractivity contribution in [2.75, 3.05) is 14.1 Å². The van der Waals surface area contributed by atoms with Gasteiger partial charge in [0.25, 0.3) is 5.91 Å². The number of aliphatic hydroxyl groups excluding tert-OH is 2. The van der Waals surface area contributed by atoms with Crippen molar-refractivity contribution in [1.82, 2.24) is 4.90 Å². The molecule has 0 aromatic heterocycles. The summed E-state index contributed by atoms with van der Waals surface area (Å²) in [6.07, 6.45) is -0.259. The van der Waals surface area contributed by atoms with Gasteiger partial charge in [0.05, 0.1) is 17.2 Å². The number of carbonyl (C=O) groups excluding carboxylic acids is 3. The Morgan fingerprint density at radius 2 is 1.79 bits per heavy atom. The molecule has 5 atom stereocenters. The van der Waals surface area contributed by atoms with E-state index in [-0.39, 0.29) is 22.6 Å². The third kappa shape index (κ3) is 2.75. The molecule has 10 nitrogen and oxygen atoms in total. The van der Waals surface area contributed by atoms with E-state index in [4.69, 9.17) is 17.3 Å². The predicted octanol–water partition coefficient (Wildman–Crippen LogP) is 0.282. The summed E-state index contributed by atoms with van der Waals surface area (Å²) in [6.45, 7) is 1.34. The van der Waals surface area contributed by atoms with Crippen molar-refractivity contribution in [2.24, 2.45) is 17.6 Å². The Morgan fingerprint density at radius 3 is 2.33 bits per heavy atom. The number of primary amides is 1. The van der Waals surface area contributed by atoms with E-state index in [1.165, 1.54) is 38.1 Å². The van der Waals surface area contributed by atoms with Gasteiger partial charge in [-0.1, -0.05) is 11.6 Å². The molecular formula is C22H23ClN2O8. The number of Topliss-reactive ketones (excluding diaryl/α,β-unsaturated/α-hetero) is 2. The number of ketones is 2. The van der Waals surface area contributed by atoms with Crippen LogP contribution in [0.1, 0.15) is 24.5 Å². The van der Waals surface area contributed by atoms with Crippen molar-refractivity contribution in [1.29, 1.82) is 0 Å². The summed E-state index contributed by atoms with van der Waals surface area (Å²) < 4.78 is 0. The Bertz CT molecular complexity index is 1200. The molecule has 1 aromatic rings. The second kappa shape index (κ2) is 7.04. The number of rotatable bonds is 2. The highest BCUT2D eigenvalue weighted by Crippen LogP contribution is 2.58. The lowest BCUT2D eigenvalue weighted by atomic mass is 9.54. The molecule has 0 bridgehead atoms. The van der Waals surface area contributed by atoms with Crippen LogP contribution >= 0.6 is 11.6 Å². The number of hydrogen-bond donors (Lipinski definition) is 6. The summed E-state index contributed by atoms with van der Waals surface area (Å²) in [5.41, 5.74) is -1.10. The van der Waals surface area contributed by atoms with Crippen LogP contribution in [0.4, 0.5) is 0 Å². The molecule has 0 aliphatic heterocycles. The third-order valence-corrected chi connectivity index (χ3v) is 7.39. The number of nitrogens with two attached hydrogens (primary N) is 1. The van der Waals surface area contributed by atoms with E-state index in [1.807, 2.05) is 0 Å². The molecule has 7 N–H and O–H groups in total. The van der Waals surface area contributed by atoms with E-state index in [2.05, 4.69) is 0 Å². The minimum absolute atomic E-state index is 0.0187. The number of phenolic OH excluding ortho intramolecular Hbond substituents is 1. The first-order chi connectivity index (χ1) is 15.2. The second-order valence-corrected chi connectivity index (χ2v) is 9.48. The molecule has 0 spiro atoms. The molecule has 0 saturated heterocycles. The van der Waals surface area contributed by atoms with Crippen LogP contribution in [0, 0.1) is 11.8 Å². The highest BCUT2D eigenvalue weighted by molar-refractivity contribution is 6.32. The van der Waals surface area contributed by atoms with Crippen LogP contribution in [-0.2, 0) is 20.0 Å². The molecule has 0 heterocycles. The normalized spacial score (nSPS) is 33.7. The van der Waals surface area contributed by atoms with E-state index in [9.17, 15) is 39.9 Å². The molecule has 33 heavy (non-hydrogen) atoms. The lowest BCUT2D eigenvalue weighted by Crippen LogP contribution is -2.67. The summed E-state index contributed by atoms with van der Waals surface area (Å²) in [4.78, 5) is 40.1. The Hall–Kier alpha value is -2.92. The zero-order valence-corrected chi connectivity index (χ0v) is 18.7. The van der Waals surface area contributed by atoms with Gasteiger partial charge in [-0.05, 0) is 39.6 Å². The van der Waals surface area contributed by atoms with Crippen LogP contribution in [0.5, 0.6) is 5.75 Å². The Morgan fingerprint density at radius 1 is 1.18 bits per heavy atom. The molecule has 3 aliphatic carbocycles. The minimum Gasteiger partial charge on any atom is -0.508 e. The number of fused-ring (bicyclic) bond motifs is 3. The summed E-state index contributed by atoms with van der Waals surface area (Å²) >= 11 is 6.28. The van der Waals surface area contributed by atoms with E-state index >= 15 is 0 Å². The van der Waals surface area contributed by atoms with Gasteiger partial charge in [-0.3, -0.25) is 19.3 Å². The zero-order valence-electron chi connectivity index (χ0n) is 18.0. The largest absolute Gasteiger partial charge is 0.508 e. The van der Waals surface area contributed by atoms with Crippen LogP contribution in [0.15, 0.2) is 29.0 Å². The van der Waals surface area contributed by atoms with Gasteiger partial charge in [-0.2, -0.15) is 0 Å². The highest BCUT2D eigenvalue weighted by atomic mass is 35.5. The molecule has 1 aromatic carbocycles. The Kier molecular flexibility index (Phi) is 4.96. The van der Waals surface area contributed by atoms with Gasteiger partial charge in [0, 0.05) is 28.0 Å². The highest BCUT2D eigenvalue weighted by Gasteiger charge is 2.66. The first-order valence-corrected chi connectivity index (χ1v) is 10.5. The standard InChI is InChI=1S/C22H23ClN2O8/c1-21(32)7-6-8-15(25(2)3)17(28)13(20(24)31)19(30)22(8,33)18(29)11(7)16(27)12-10(26)5-4-9(23)14(12)21/h4-5,7-8,15,26-27,30,32-33H,6H2,1-3H3,(H2,24,31)/t7-,8+,15-,21+,22+/m1/s1. The van der Waals surface area contributed by atoms with Gasteiger partial charge in [0.15, 0.2) is 11.4 Å². The topological polar surface area (TPSA) is 182 Å². The van der Waals surface area contributed by atoms with Crippen molar-refractivity contribution < 1.29 is 39.9 Å². The maximum absolute atomic E-state index is 13.7. The lowest BCUT2D eigenvalue weighted by Gasteiger charge is -2.53. The van der Waals surface area contributed by atoms with Crippen molar-refractivity contribution in [2.45, 2.75) is 30.6 Å². The van der Waals surface area contributed by atoms with E-state index < -0.39 is 75.0 Å². The maximum atomic E-state index is 13.7. The molecule has 11 heteroatoms. The Balaban J connectivity index is 2.07. The van der Waals surface area contributed by atoms with Gasteiger partial charge in [-0.25, -0.2) is 0 Å². The molecular weight excluding hydrogens is 456 g/mol. The summed E-state index contributed by atoms with van der Waals surface area (Å²) in [7, 11) is 2.97. The smallest absolute Gasteiger partial charge is 0.255 e. The minimum atomic E-state index is -2.78. The molecule has 0 unspecified atom stereocenters. The van der Waals surface area contributed by atoms with Crippen LogP contribution < -0.4 is 5.73 Å². The van der Waals surface area contributed by atoms with Crippen molar-refractivity contribution >= 4 is 34.8 Å². The van der Waals surface area contributed by atoms with E-state index in [0.29, 0.717) is 0 Å². The Labute approximate surface area is 193 Å². The van der Waals surface area contributed by atoms with E-state index in [1.54, 1.807) is 0 Å². The van der Waals surface area contributed by atoms with Gasteiger partial charge < -0.3 is 31.3 Å². The number of aromatic hydroxyl groups is 1. The van der Waals surface area contributed by atoms with Crippen molar-refractivity contribution in [3.8, 4) is 5.75 Å². The quantitative estimate of drug-likeness (QED) is 0.325. The van der Waals surface area contributed by atoms with E-state index in [0.717, 1.165) is 0 Å². The third-order valence-electron chi connectivity index (χ3n) is 7.07. The molecule has 0 radical (unpaired) electrons. The monoisotopic (exact) mass is 478 g/mol. The molecule has 1 amide bonds. The van der Waals surface area contributed by atoms with Crippen LogP contribution in [0.3, 0.4) is 0 Å². The van der Waals surface area contributed by atoms with Crippen LogP contribution in [-0.4, -0.2) is 73.6 Å². The van der Waals surface area contributed by atoms with Crippen molar-refractivity contribution in [3.63, 3.8) is 0 Å². The molecule has 1 saturated carbocycles. The number of aliphatic hydroxyl groups is 4. The summed E-state index contributed by atoms with van der Waals surface area (Å²) in [5.74, 6) is -8.30. The zero-order chi connectivity index (χ0) is 24.8. The average molecular weight is 479 g/mol. The maximum Gasteiger partial charge on any atom is 0.255 e. The van der Waals surface area contributed by atoms with Gasteiger partial charge >= 0.3 is 0 Å². The fraction of sp³-hybridized carbons (Fsp3) is 0.409. The number of hydrogen-bond acceptors (Lipinski definition) is 9. The molecule has 176 valence electrons. The fourth-order valence-electron chi connectivity index (χ4n) is 5.58. The number of carbonyl (C=O) groups is 3. The number of phenols is 1. The number of likely N-dealkylation sites (N-methyl/N-ethyl adjacent to an activating group) is 1. The second-order valence-electron chi connectivity index (χ2n) is 9.08.